The smallest absolute Gasteiger partial charge is 0.0602 e. The van der Waals surface area contributed by atoms with Crippen molar-refractivity contribution in [3.05, 3.63) is 230 Å². The molecule has 2 aromatic heterocycles. The number of rotatable bonds is 7. The molecule has 1 aliphatic heterocycles. The molecule has 292 valence electrons. The van der Waals surface area contributed by atoms with Gasteiger partial charge >= 0.3 is 0 Å². The molecule has 0 spiro atoms. The van der Waals surface area contributed by atoms with E-state index in [4.69, 9.17) is 0 Å². The van der Waals surface area contributed by atoms with Crippen LogP contribution in [0.3, 0.4) is 0 Å². The molecule has 3 heterocycles. The summed E-state index contributed by atoms with van der Waals surface area (Å²) in [6.45, 7) is 10.9. The molecule has 11 rings (SSSR count). The number of nitrogens with zero attached hydrogens (tertiary/aromatic N) is 3. The molecule has 0 saturated heterocycles. The molecule has 0 saturated carbocycles. The Bertz CT molecular complexity index is 3380. The second-order valence-electron chi connectivity index (χ2n) is 16.5. The van der Waals surface area contributed by atoms with E-state index in [2.05, 4.69) is 242 Å². The molecular weight excluding hydrogens is 739 g/mol. The van der Waals surface area contributed by atoms with Crippen LogP contribution in [0.5, 0.6) is 0 Å². The topological polar surface area (TPSA) is 13.1 Å². The SMILES string of the molecule is C=C/C=C(\C=C/C)c1ccc(-n2c3ccccc3c3c4c(ccc32)N(c2ccccc2)c2c(ccc3c2c2ccccc2n3-c2ccc(-c3ccccc3)cc2)C4(C)C)cc1. The van der Waals surface area contributed by atoms with Crippen molar-refractivity contribution in [3.8, 4) is 22.5 Å². The van der Waals surface area contributed by atoms with Gasteiger partial charge in [-0.2, -0.15) is 0 Å². The maximum Gasteiger partial charge on any atom is 0.0602 e. The van der Waals surface area contributed by atoms with Crippen LogP contribution in [-0.4, -0.2) is 9.13 Å². The minimum Gasteiger partial charge on any atom is -0.309 e. The number of benzene rings is 8. The first kappa shape index (κ1) is 36.5. The summed E-state index contributed by atoms with van der Waals surface area (Å²) < 4.78 is 4.89. The maximum absolute atomic E-state index is 3.95. The Balaban J connectivity index is 1.17. The number of hydrogen-bond donors (Lipinski definition) is 0. The van der Waals surface area contributed by atoms with Gasteiger partial charge in [0.2, 0.25) is 0 Å². The average molecular weight is 784 g/mol. The van der Waals surface area contributed by atoms with Gasteiger partial charge in [0.05, 0.1) is 33.4 Å². The normalized spacial score (nSPS) is 13.7. The monoisotopic (exact) mass is 783 g/mol. The predicted octanol–water partition coefficient (Wildman–Crippen LogP) is 15.8. The van der Waals surface area contributed by atoms with E-state index in [1.165, 1.54) is 77.2 Å². The van der Waals surface area contributed by atoms with Crippen LogP contribution in [0.1, 0.15) is 37.5 Å². The van der Waals surface area contributed by atoms with E-state index < -0.39 is 0 Å². The molecule has 0 aliphatic carbocycles. The second-order valence-corrected chi connectivity index (χ2v) is 16.5. The van der Waals surface area contributed by atoms with E-state index >= 15 is 0 Å². The van der Waals surface area contributed by atoms with Gasteiger partial charge in [-0.05, 0) is 107 Å². The van der Waals surface area contributed by atoms with Gasteiger partial charge in [0.15, 0.2) is 0 Å². The van der Waals surface area contributed by atoms with Crippen LogP contribution in [0, 0.1) is 0 Å². The minimum absolute atomic E-state index is 0.361. The Kier molecular flexibility index (Phi) is 8.54. The van der Waals surface area contributed by atoms with Crippen LogP contribution < -0.4 is 4.90 Å². The third-order valence-corrected chi connectivity index (χ3v) is 12.7. The Morgan fingerprint density at radius 3 is 1.69 bits per heavy atom. The molecule has 0 N–H and O–H groups in total. The van der Waals surface area contributed by atoms with Crippen molar-refractivity contribution >= 4 is 66.2 Å². The third kappa shape index (κ3) is 5.58. The zero-order chi connectivity index (χ0) is 41.2. The molecule has 0 unspecified atom stereocenters. The highest BCUT2D eigenvalue weighted by molar-refractivity contribution is 6.20. The molecule has 0 bridgehead atoms. The van der Waals surface area contributed by atoms with Crippen LogP contribution in [0.2, 0.25) is 0 Å². The molecule has 0 fully saturated rings. The molecule has 0 radical (unpaired) electrons. The fourth-order valence-electron chi connectivity index (χ4n) is 10.1. The predicted molar refractivity (Wildman–Crippen MR) is 260 cm³/mol. The Morgan fingerprint density at radius 2 is 1.05 bits per heavy atom. The molecule has 10 aromatic rings. The van der Waals surface area contributed by atoms with Gasteiger partial charge in [-0.25, -0.2) is 0 Å². The number of hydrogen-bond acceptors (Lipinski definition) is 1. The number of allylic oxidation sites excluding steroid dienone is 5. The molecule has 1 aliphatic rings. The molecular formula is C58H45N3. The highest BCUT2D eigenvalue weighted by Crippen LogP contribution is 2.58. The van der Waals surface area contributed by atoms with E-state index in [9.17, 15) is 0 Å². The third-order valence-electron chi connectivity index (χ3n) is 12.7. The van der Waals surface area contributed by atoms with Gasteiger partial charge in [-0.15, -0.1) is 0 Å². The summed E-state index contributed by atoms with van der Waals surface area (Å²) in [5, 5.41) is 5.04. The summed E-state index contributed by atoms with van der Waals surface area (Å²) in [7, 11) is 0. The fourth-order valence-corrected chi connectivity index (χ4v) is 10.1. The fraction of sp³-hybridized carbons (Fsp3) is 0.0690. The average Bonchev–Trinajstić information content (AvgIpc) is 3.83. The van der Waals surface area contributed by atoms with E-state index in [0.717, 1.165) is 28.2 Å². The highest BCUT2D eigenvalue weighted by atomic mass is 15.2. The van der Waals surface area contributed by atoms with Gasteiger partial charge in [0.25, 0.3) is 0 Å². The first-order valence-electron chi connectivity index (χ1n) is 21.2. The lowest BCUT2D eigenvalue weighted by Crippen LogP contribution is -2.31. The van der Waals surface area contributed by atoms with Crippen molar-refractivity contribution in [2.24, 2.45) is 0 Å². The lowest BCUT2D eigenvalue weighted by molar-refractivity contribution is 0.639. The summed E-state index contributed by atoms with van der Waals surface area (Å²) >= 11 is 0. The summed E-state index contributed by atoms with van der Waals surface area (Å²) in [6, 6.07) is 66.8. The molecule has 8 aromatic carbocycles. The molecule has 0 amide bonds. The van der Waals surface area contributed by atoms with Crippen LogP contribution in [-0.2, 0) is 5.41 Å². The molecule has 3 nitrogen and oxygen atoms in total. The van der Waals surface area contributed by atoms with Gasteiger partial charge in [-0.3, -0.25) is 0 Å². The second kappa shape index (κ2) is 14.3. The Morgan fingerprint density at radius 1 is 0.508 bits per heavy atom. The van der Waals surface area contributed by atoms with Crippen molar-refractivity contribution < 1.29 is 0 Å². The maximum atomic E-state index is 3.95. The summed E-state index contributed by atoms with van der Waals surface area (Å²) in [5.41, 5.74) is 17.6. The zero-order valence-corrected chi connectivity index (χ0v) is 34.7. The summed E-state index contributed by atoms with van der Waals surface area (Å²) in [5.74, 6) is 0. The Labute approximate surface area is 357 Å². The lowest BCUT2D eigenvalue weighted by atomic mass is 9.71. The lowest BCUT2D eigenvalue weighted by Gasteiger charge is -2.43. The van der Waals surface area contributed by atoms with E-state index in [1.54, 1.807) is 0 Å². The van der Waals surface area contributed by atoms with Crippen molar-refractivity contribution in [1.29, 1.82) is 0 Å². The zero-order valence-electron chi connectivity index (χ0n) is 34.7. The van der Waals surface area contributed by atoms with Crippen LogP contribution >= 0.6 is 0 Å². The molecule has 61 heavy (non-hydrogen) atoms. The quantitative estimate of drug-likeness (QED) is 0.147. The van der Waals surface area contributed by atoms with Crippen molar-refractivity contribution in [2.45, 2.75) is 26.2 Å². The highest BCUT2D eigenvalue weighted by Gasteiger charge is 2.41. The van der Waals surface area contributed by atoms with Crippen molar-refractivity contribution in [2.75, 3.05) is 4.90 Å². The first-order chi connectivity index (χ1) is 30.0. The van der Waals surface area contributed by atoms with E-state index in [-0.39, 0.29) is 5.41 Å². The van der Waals surface area contributed by atoms with Crippen LogP contribution in [0.15, 0.2) is 213 Å². The largest absolute Gasteiger partial charge is 0.309 e. The van der Waals surface area contributed by atoms with Gasteiger partial charge < -0.3 is 14.0 Å². The van der Waals surface area contributed by atoms with Crippen molar-refractivity contribution in [3.63, 3.8) is 0 Å². The number of para-hydroxylation sites is 3. The van der Waals surface area contributed by atoms with Gasteiger partial charge in [-0.1, -0.05) is 160 Å². The molecule has 3 heteroatoms. The number of anilines is 3. The number of aromatic nitrogens is 2. The Hall–Kier alpha value is -7.62. The first-order valence-corrected chi connectivity index (χ1v) is 21.2. The standard InChI is InChI=1S/C58H45N3/c1-5-17-39(18-6-2)41-27-31-44(32-28-41)59-49-25-15-13-23-46(49)54-51(59)37-38-53-56(54)58(3,4)48-35-36-52-55(57(48)61(53)43-21-11-8-12-22-43)47-24-14-16-26-50(47)60(52)45-33-29-42(30-34-45)40-19-9-7-10-20-40/h5-38H,1H2,2-4H3/b18-6-,39-17+. The minimum atomic E-state index is -0.361. The van der Waals surface area contributed by atoms with Crippen LogP contribution in [0.25, 0.3) is 71.7 Å². The summed E-state index contributed by atoms with van der Waals surface area (Å²) in [4.78, 5) is 2.54. The van der Waals surface area contributed by atoms with E-state index in [0.29, 0.717) is 0 Å². The van der Waals surface area contributed by atoms with Crippen molar-refractivity contribution in [1.82, 2.24) is 9.13 Å². The number of fused-ring (bicyclic) bond motifs is 10. The molecule has 0 atom stereocenters. The van der Waals surface area contributed by atoms with Crippen LogP contribution in [0.4, 0.5) is 17.1 Å². The van der Waals surface area contributed by atoms with E-state index in [1.807, 2.05) is 6.08 Å². The summed E-state index contributed by atoms with van der Waals surface area (Å²) in [6.07, 6.45) is 8.13. The van der Waals surface area contributed by atoms with Gasteiger partial charge in [0, 0.05) is 44.0 Å². The van der Waals surface area contributed by atoms with Gasteiger partial charge in [0.1, 0.15) is 0 Å².